The summed E-state index contributed by atoms with van der Waals surface area (Å²) in [6.45, 7) is 4.82. The summed E-state index contributed by atoms with van der Waals surface area (Å²) in [7, 11) is -4.28. The molecule has 1 aliphatic carbocycles. The van der Waals surface area contributed by atoms with Gasteiger partial charge < -0.3 is 10.6 Å². The van der Waals surface area contributed by atoms with Gasteiger partial charge in [-0.3, -0.25) is 14.1 Å². The van der Waals surface area contributed by atoms with Gasteiger partial charge in [0.1, 0.15) is 6.17 Å². The summed E-state index contributed by atoms with van der Waals surface area (Å²) < 4.78 is 33.1. The molecule has 2 amide bonds. The van der Waals surface area contributed by atoms with Crippen molar-refractivity contribution in [3.8, 4) is 0 Å². The third-order valence-electron chi connectivity index (χ3n) is 4.87. The van der Waals surface area contributed by atoms with E-state index in [2.05, 4.69) is 10.6 Å². The summed E-state index contributed by atoms with van der Waals surface area (Å²) in [6.07, 6.45) is 4.37. The Labute approximate surface area is 144 Å². The second-order valence-corrected chi connectivity index (χ2v) is 8.29. The molecule has 0 aromatic rings. The third-order valence-corrected chi connectivity index (χ3v) is 6.12. The Hall–Kier alpha value is -1.15. The van der Waals surface area contributed by atoms with Crippen LogP contribution in [0.4, 0.5) is 0 Å². The maximum atomic E-state index is 11.9. The Morgan fingerprint density at radius 1 is 1.04 bits per heavy atom. The molecule has 0 spiro atoms. The molecular formula is C16H30N2O5S. The second kappa shape index (κ2) is 9.36. The first-order valence-corrected chi connectivity index (χ1v) is 10.3. The fourth-order valence-electron chi connectivity index (χ4n) is 3.42. The van der Waals surface area contributed by atoms with Gasteiger partial charge in [-0.1, -0.05) is 33.1 Å². The number of nitrogens with one attached hydrogen (secondary N) is 2. The molecule has 0 saturated heterocycles. The average molecular weight is 362 g/mol. The van der Waals surface area contributed by atoms with Crippen LogP contribution in [0.2, 0.25) is 0 Å². The van der Waals surface area contributed by atoms with Gasteiger partial charge in [-0.15, -0.1) is 0 Å². The van der Waals surface area contributed by atoms with E-state index in [1.807, 2.05) is 0 Å². The van der Waals surface area contributed by atoms with E-state index >= 15 is 0 Å². The maximum absolute atomic E-state index is 11.9. The summed E-state index contributed by atoms with van der Waals surface area (Å²) in [5.41, 5.74) is 0. The first kappa shape index (κ1) is 20.9. The molecule has 24 heavy (non-hydrogen) atoms. The first-order chi connectivity index (χ1) is 11.2. The molecule has 140 valence electrons. The quantitative estimate of drug-likeness (QED) is 0.450. The van der Waals surface area contributed by atoms with Crippen LogP contribution in [0, 0.1) is 11.8 Å². The lowest BCUT2D eigenvalue weighted by Crippen LogP contribution is -2.57. The second-order valence-electron chi connectivity index (χ2n) is 6.52. The van der Waals surface area contributed by atoms with E-state index in [1.54, 1.807) is 13.8 Å². The van der Waals surface area contributed by atoms with Gasteiger partial charge in [0.2, 0.25) is 11.8 Å². The van der Waals surface area contributed by atoms with Gasteiger partial charge in [-0.05, 0) is 25.7 Å². The van der Waals surface area contributed by atoms with Crippen molar-refractivity contribution in [3.63, 3.8) is 0 Å². The summed E-state index contributed by atoms with van der Waals surface area (Å²) in [5.74, 6) is -1.07. The van der Waals surface area contributed by atoms with Crippen molar-refractivity contribution in [2.75, 3.05) is 0 Å². The number of hydrogen-bond acceptors (Lipinski definition) is 4. The van der Waals surface area contributed by atoms with Crippen molar-refractivity contribution in [2.24, 2.45) is 11.8 Å². The van der Waals surface area contributed by atoms with Gasteiger partial charge in [0.15, 0.2) is 0 Å². The zero-order valence-electron chi connectivity index (χ0n) is 14.7. The smallest absolute Gasteiger partial charge is 0.267 e. The Bertz CT molecular complexity index is 511. The molecule has 1 rings (SSSR count). The van der Waals surface area contributed by atoms with E-state index in [9.17, 15) is 22.6 Å². The van der Waals surface area contributed by atoms with Crippen molar-refractivity contribution < 1.29 is 22.6 Å². The molecule has 1 saturated carbocycles. The Morgan fingerprint density at radius 2 is 1.50 bits per heavy atom. The fourth-order valence-corrected chi connectivity index (χ4v) is 4.20. The van der Waals surface area contributed by atoms with Crippen LogP contribution >= 0.6 is 0 Å². The predicted octanol–water partition coefficient (Wildman–Crippen LogP) is 1.84. The molecule has 1 aliphatic rings. The number of amides is 2. The maximum Gasteiger partial charge on any atom is 0.267 e. The minimum absolute atomic E-state index is 0.0231. The molecule has 2 atom stereocenters. The van der Waals surface area contributed by atoms with Gasteiger partial charge in [-0.25, -0.2) is 0 Å². The van der Waals surface area contributed by atoms with E-state index < -0.39 is 27.5 Å². The zero-order chi connectivity index (χ0) is 18.3. The van der Waals surface area contributed by atoms with Crippen LogP contribution in [0.1, 0.15) is 65.7 Å². The lowest BCUT2D eigenvalue weighted by Gasteiger charge is -2.39. The third kappa shape index (κ3) is 6.05. The molecule has 0 bridgehead atoms. The van der Waals surface area contributed by atoms with Crippen molar-refractivity contribution in [2.45, 2.75) is 77.1 Å². The van der Waals surface area contributed by atoms with E-state index in [1.165, 1.54) is 6.92 Å². The highest BCUT2D eigenvalue weighted by Gasteiger charge is 2.40. The van der Waals surface area contributed by atoms with Crippen LogP contribution in [-0.2, 0) is 19.7 Å². The van der Waals surface area contributed by atoms with Gasteiger partial charge in [-0.2, -0.15) is 8.42 Å². The van der Waals surface area contributed by atoms with E-state index in [-0.39, 0.29) is 30.6 Å². The van der Waals surface area contributed by atoms with Gasteiger partial charge in [0, 0.05) is 18.8 Å². The van der Waals surface area contributed by atoms with E-state index in [0.29, 0.717) is 0 Å². The highest BCUT2D eigenvalue weighted by Crippen LogP contribution is 2.35. The molecule has 0 radical (unpaired) electrons. The lowest BCUT2D eigenvalue weighted by molar-refractivity contribution is -0.125. The highest BCUT2D eigenvalue weighted by molar-refractivity contribution is 7.86. The van der Waals surface area contributed by atoms with Gasteiger partial charge in [0.05, 0.1) is 5.25 Å². The van der Waals surface area contributed by atoms with Crippen LogP contribution in [0.25, 0.3) is 0 Å². The Kier molecular flexibility index (Phi) is 8.15. The van der Waals surface area contributed by atoms with E-state index in [0.717, 1.165) is 32.1 Å². The molecule has 0 heterocycles. The molecule has 0 aromatic heterocycles. The fraction of sp³-hybridized carbons (Fsp3) is 0.875. The molecule has 7 nitrogen and oxygen atoms in total. The number of carbonyl (C=O) groups is 2. The molecular weight excluding hydrogens is 332 g/mol. The minimum Gasteiger partial charge on any atom is -0.336 e. The van der Waals surface area contributed by atoms with Crippen molar-refractivity contribution in [1.29, 1.82) is 0 Å². The molecule has 1 fully saturated rings. The zero-order valence-corrected chi connectivity index (χ0v) is 15.6. The number of hydrogen-bond donors (Lipinski definition) is 3. The summed E-state index contributed by atoms with van der Waals surface area (Å²) >= 11 is 0. The topological polar surface area (TPSA) is 113 Å². The van der Waals surface area contributed by atoms with E-state index in [4.69, 9.17) is 0 Å². The monoisotopic (exact) mass is 362 g/mol. The molecule has 0 aromatic carbocycles. The van der Waals surface area contributed by atoms with Crippen molar-refractivity contribution in [3.05, 3.63) is 0 Å². The largest absolute Gasteiger partial charge is 0.336 e. The van der Waals surface area contributed by atoms with Crippen LogP contribution in [0.15, 0.2) is 0 Å². The SMILES string of the molecule is CCC(=O)NC(NC(=O)CC)C(C1CCCCC1)C(C)S(=O)(=O)O. The van der Waals surface area contributed by atoms with Gasteiger partial charge >= 0.3 is 0 Å². The summed E-state index contributed by atoms with van der Waals surface area (Å²) in [6, 6.07) is 0. The van der Waals surface area contributed by atoms with Gasteiger partial charge in [0.25, 0.3) is 10.1 Å². The molecule has 3 N–H and O–H groups in total. The van der Waals surface area contributed by atoms with Crippen LogP contribution in [0.5, 0.6) is 0 Å². The molecule has 8 heteroatoms. The number of carbonyl (C=O) groups excluding carboxylic acids is 2. The van der Waals surface area contributed by atoms with Crippen LogP contribution in [-0.4, -0.2) is 36.2 Å². The lowest BCUT2D eigenvalue weighted by atomic mass is 9.77. The standard InChI is InChI=1S/C16H30N2O5S/c1-4-13(19)17-16(18-14(20)5-2)15(11(3)24(21,22)23)12-9-7-6-8-10-12/h11-12,15-16H,4-10H2,1-3H3,(H,17,19)(H,18,20)(H,21,22,23). The van der Waals surface area contributed by atoms with Crippen LogP contribution in [0.3, 0.4) is 0 Å². The molecule has 2 unspecified atom stereocenters. The summed E-state index contributed by atoms with van der Waals surface area (Å²) in [4.78, 5) is 23.8. The summed E-state index contributed by atoms with van der Waals surface area (Å²) in [5, 5.41) is 4.40. The van der Waals surface area contributed by atoms with Crippen molar-refractivity contribution >= 4 is 21.9 Å². The first-order valence-electron chi connectivity index (χ1n) is 8.75. The molecule has 0 aliphatic heterocycles. The van der Waals surface area contributed by atoms with Crippen LogP contribution < -0.4 is 10.6 Å². The number of rotatable bonds is 8. The minimum atomic E-state index is -4.28. The normalized spacial score (nSPS) is 18.9. The Morgan fingerprint density at radius 3 is 1.88 bits per heavy atom. The highest BCUT2D eigenvalue weighted by atomic mass is 32.2. The van der Waals surface area contributed by atoms with Crippen molar-refractivity contribution in [1.82, 2.24) is 10.6 Å². The average Bonchev–Trinajstić information content (AvgIpc) is 2.54. The predicted molar refractivity (Wildman–Crippen MR) is 91.7 cm³/mol. The Balaban J connectivity index is 3.15.